The molecule has 1 aromatic rings. The van der Waals surface area contributed by atoms with Crippen LogP contribution in [0.3, 0.4) is 0 Å². The first kappa shape index (κ1) is 15.1. The minimum atomic E-state index is 0.606. The summed E-state index contributed by atoms with van der Waals surface area (Å²) in [5, 5.41) is 6.09. The SMILES string of the molecule is CCCNC(c1sccc1C)C1CCCC(CC)C1. The lowest BCUT2D eigenvalue weighted by atomic mass is 9.76. The maximum atomic E-state index is 3.84. The van der Waals surface area contributed by atoms with Gasteiger partial charge >= 0.3 is 0 Å². The zero-order chi connectivity index (χ0) is 13.7. The van der Waals surface area contributed by atoms with Gasteiger partial charge in [-0.25, -0.2) is 0 Å². The van der Waals surface area contributed by atoms with E-state index in [9.17, 15) is 0 Å². The average Bonchev–Trinajstić information content (AvgIpc) is 2.86. The Balaban J connectivity index is 2.10. The van der Waals surface area contributed by atoms with Gasteiger partial charge in [-0.15, -0.1) is 11.3 Å². The average molecular weight is 279 g/mol. The Morgan fingerprint density at radius 2 is 2.21 bits per heavy atom. The van der Waals surface area contributed by atoms with E-state index in [0.717, 1.165) is 18.4 Å². The highest BCUT2D eigenvalue weighted by molar-refractivity contribution is 7.10. The van der Waals surface area contributed by atoms with Gasteiger partial charge in [0.05, 0.1) is 0 Å². The van der Waals surface area contributed by atoms with Crippen LogP contribution >= 0.6 is 11.3 Å². The smallest absolute Gasteiger partial charge is 0.0446 e. The minimum Gasteiger partial charge on any atom is -0.309 e. The van der Waals surface area contributed by atoms with E-state index in [2.05, 4.69) is 37.5 Å². The Hall–Kier alpha value is -0.340. The summed E-state index contributed by atoms with van der Waals surface area (Å²) in [6.45, 7) is 8.04. The van der Waals surface area contributed by atoms with Gasteiger partial charge in [0.2, 0.25) is 0 Å². The van der Waals surface area contributed by atoms with Crippen LogP contribution in [0, 0.1) is 18.8 Å². The van der Waals surface area contributed by atoms with Gasteiger partial charge in [0.1, 0.15) is 0 Å². The molecule has 1 fully saturated rings. The molecule has 0 radical (unpaired) electrons. The maximum Gasteiger partial charge on any atom is 0.0446 e. The van der Waals surface area contributed by atoms with Crippen LogP contribution in [0.15, 0.2) is 11.4 Å². The molecule has 2 heteroatoms. The van der Waals surface area contributed by atoms with Gasteiger partial charge in [-0.3, -0.25) is 0 Å². The van der Waals surface area contributed by atoms with E-state index in [1.807, 2.05) is 11.3 Å². The van der Waals surface area contributed by atoms with E-state index in [1.165, 1.54) is 44.1 Å². The second-order valence-electron chi connectivity index (χ2n) is 6.10. The Labute approximate surface area is 122 Å². The van der Waals surface area contributed by atoms with E-state index in [-0.39, 0.29) is 0 Å². The predicted octanol–water partition coefficient (Wildman–Crippen LogP) is 5.31. The minimum absolute atomic E-state index is 0.606. The van der Waals surface area contributed by atoms with E-state index in [1.54, 1.807) is 4.88 Å². The highest BCUT2D eigenvalue weighted by Crippen LogP contribution is 2.40. The van der Waals surface area contributed by atoms with Crippen LogP contribution in [0.5, 0.6) is 0 Å². The summed E-state index contributed by atoms with van der Waals surface area (Å²) in [6, 6.07) is 2.88. The molecule has 1 N–H and O–H groups in total. The van der Waals surface area contributed by atoms with E-state index >= 15 is 0 Å². The summed E-state index contributed by atoms with van der Waals surface area (Å²) in [4.78, 5) is 1.59. The quantitative estimate of drug-likeness (QED) is 0.743. The first-order chi connectivity index (χ1) is 9.26. The molecule has 0 aliphatic heterocycles. The van der Waals surface area contributed by atoms with Crippen molar-refractivity contribution >= 4 is 11.3 Å². The van der Waals surface area contributed by atoms with Crippen LogP contribution in [0.4, 0.5) is 0 Å². The fourth-order valence-electron chi connectivity index (χ4n) is 3.48. The van der Waals surface area contributed by atoms with Crippen molar-refractivity contribution in [1.82, 2.24) is 5.32 Å². The summed E-state index contributed by atoms with van der Waals surface area (Å²) >= 11 is 1.95. The number of nitrogens with one attached hydrogen (secondary N) is 1. The normalized spacial score (nSPS) is 25.4. The first-order valence-electron chi connectivity index (χ1n) is 8.03. The molecule has 3 atom stereocenters. The maximum absolute atomic E-state index is 3.84. The number of hydrogen-bond acceptors (Lipinski definition) is 2. The first-order valence-corrected chi connectivity index (χ1v) is 8.91. The zero-order valence-corrected chi connectivity index (χ0v) is 13.6. The van der Waals surface area contributed by atoms with Crippen molar-refractivity contribution in [2.45, 2.75) is 65.3 Å². The molecule has 3 unspecified atom stereocenters. The highest BCUT2D eigenvalue weighted by Gasteiger charge is 2.29. The Morgan fingerprint density at radius 1 is 1.37 bits per heavy atom. The molecule has 0 spiro atoms. The highest BCUT2D eigenvalue weighted by atomic mass is 32.1. The van der Waals surface area contributed by atoms with Crippen LogP contribution in [0.1, 0.15) is 68.9 Å². The number of hydrogen-bond donors (Lipinski definition) is 1. The van der Waals surface area contributed by atoms with Gasteiger partial charge in [0.25, 0.3) is 0 Å². The molecule has 1 nitrogen and oxygen atoms in total. The van der Waals surface area contributed by atoms with E-state index in [0.29, 0.717) is 6.04 Å². The zero-order valence-electron chi connectivity index (χ0n) is 12.7. The van der Waals surface area contributed by atoms with Gasteiger partial charge in [0, 0.05) is 10.9 Å². The Morgan fingerprint density at radius 3 is 2.84 bits per heavy atom. The molecule has 1 aliphatic carbocycles. The van der Waals surface area contributed by atoms with Crippen LogP contribution < -0.4 is 5.32 Å². The lowest BCUT2D eigenvalue weighted by Crippen LogP contribution is -2.32. The Bertz CT molecular complexity index is 371. The largest absolute Gasteiger partial charge is 0.309 e. The van der Waals surface area contributed by atoms with Gasteiger partial charge in [0.15, 0.2) is 0 Å². The van der Waals surface area contributed by atoms with Gasteiger partial charge < -0.3 is 5.32 Å². The van der Waals surface area contributed by atoms with Gasteiger partial charge in [-0.1, -0.05) is 33.1 Å². The molecular formula is C17H29NS. The van der Waals surface area contributed by atoms with Crippen molar-refractivity contribution in [2.24, 2.45) is 11.8 Å². The molecule has 0 amide bonds. The number of thiophene rings is 1. The molecule has 0 aromatic carbocycles. The van der Waals surface area contributed by atoms with Crippen LogP contribution in [-0.4, -0.2) is 6.54 Å². The monoisotopic (exact) mass is 279 g/mol. The van der Waals surface area contributed by atoms with Crippen LogP contribution in [0.2, 0.25) is 0 Å². The van der Waals surface area contributed by atoms with Crippen LogP contribution in [0.25, 0.3) is 0 Å². The summed E-state index contributed by atoms with van der Waals surface area (Å²) in [5.74, 6) is 1.81. The Kier molecular flexibility index (Phi) is 5.90. The molecule has 2 rings (SSSR count). The van der Waals surface area contributed by atoms with Crippen molar-refractivity contribution < 1.29 is 0 Å². The van der Waals surface area contributed by atoms with Crippen molar-refractivity contribution in [2.75, 3.05) is 6.54 Å². The lowest BCUT2D eigenvalue weighted by molar-refractivity contribution is 0.211. The molecule has 1 aliphatic rings. The third-order valence-electron chi connectivity index (χ3n) is 4.67. The van der Waals surface area contributed by atoms with E-state index in [4.69, 9.17) is 0 Å². The fourth-order valence-corrected chi connectivity index (χ4v) is 4.58. The van der Waals surface area contributed by atoms with Crippen molar-refractivity contribution in [1.29, 1.82) is 0 Å². The molecule has 108 valence electrons. The summed E-state index contributed by atoms with van der Waals surface area (Å²) in [7, 11) is 0. The molecule has 0 bridgehead atoms. The number of rotatable bonds is 6. The van der Waals surface area contributed by atoms with Crippen molar-refractivity contribution in [3.05, 3.63) is 21.9 Å². The third kappa shape index (κ3) is 3.82. The summed E-state index contributed by atoms with van der Waals surface area (Å²) in [6.07, 6.45) is 8.31. The topological polar surface area (TPSA) is 12.0 Å². The molecule has 1 heterocycles. The number of aryl methyl sites for hydroxylation is 1. The third-order valence-corrected chi connectivity index (χ3v) is 5.77. The second-order valence-corrected chi connectivity index (χ2v) is 7.05. The molecular weight excluding hydrogens is 250 g/mol. The molecule has 19 heavy (non-hydrogen) atoms. The van der Waals surface area contributed by atoms with Gasteiger partial charge in [-0.2, -0.15) is 0 Å². The molecule has 0 saturated heterocycles. The van der Waals surface area contributed by atoms with Gasteiger partial charge in [-0.05, 0) is 61.6 Å². The second kappa shape index (κ2) is 7.44. The lowest BCUT2D eigenvalue weighted by Gasteiger charge is -2.35. The molecule has 1 saturated carbocycles. The van der Waals surface area contributed by atoms with Crippen molar-refractivity contribution in [3.8, 4) is 0 Å². The standard InChI is InChI=1S/C17H29NS/c1-4-10-18-16(17-13(3)9-11-19-17)15-8-6-7-14(5-2)12-15/h9,11,14-16,18H,4-8,10,12H2,1-3H3. The van der Waals surface area contributed by atoms with E-state index < -0.39 is 0 Å². The van der Waals surface area contributed by atoms with Crippen LogP contribution in [-0.2, 0) is 0 Å². The fraction of sp³-hybridized carbons (Fsp3) is 0.765. The predicted molar refractivity (Wildman–Crippen MR) is 85.8 cm³/mol. The van der Waals surface area contributed by atoms with Crippen molar-refractivity contribution in [3.63, 3.8) is 0 Å². The molecule has 1 aromatic heterocycles. The summed E-state index contributed by atoms with van der Waals surface area (Å²) < 4.78 is 0. The summed E-state index contributed by atoms with van der Waals surface area (Å²) in [5.41, 5.74) is 1.48.